The largest absolute Gasteiger partial charge is 0.508 e. The maximum Gasteiger partial charge on any atom is 0.184 e. The first-order valence-electron chi connectivity index (χ1n) is 6.50. The second kappa shape index (κ2) is 7.05. The zero-order valence-corrected chi connectivity index (χ0v) is 11.5. The Morgan fingerprint density at radius 1 is 1.19 bits per heavy atom. The van der Waals surface area contributed by atoms with Crippen LogP contribution in [-0.4, -0.2) is 23.6 Å². The second-order valence-corrected chi connectivity index (χ2v) is 4.40. The Morgan fingerprint density at radius 3 is 2.62 bits per heavy atom. The minimum atomic E-state index is -0.0478. The quantitative estimate of drug-likeness (QED) is 0.486. The molecule has 0 saturated heterocycles. The molecule has 0 amide bonds. The summed E-state index contributed by atoms with van der Waals surface area (Å²) in [7, 11) is 0. The molecule has 2 aromatic rings. The van der Waals surface area contributed by atoms with Gasteiger partial charge in [-0.2, -0.15) is 5.10 Å². The smallest absolute Gasteiger partial charge is 0.184 e. The topological polar surface area (TPSA) is 61.7 Å². The number of nitrogens with zero attached hydrogens (tertiary/aromatic N) is 1. The van der Waals surface area contributed by atoms with Crippen LogP contribution in [0.5, 0.6) is 5.75 Å². The number of nitrogens with one attached hydrogen (secondary N) is 1. The van der Waals surface area contributed by atoms with Gasteiger partial charge in [-0.3, -0.25) is 4.79 Å². The molecule has 0 fully saturated rings. The third-order valence-electron chi connectivity index (χ3n) is 2.92. The molecular formula is C17H16N2O2. The molecule has 0 unspecified atom stereocenters. The molecule has 0 saturated carbocycles. The van der Waals surface area contributed by atoms with E-state index in [1.54, 1.807) is 42.6 Å². The summed E-state index contributed by atoms with van der Waals surface area (Å²) in [5.74, 6) is 0.157. The molecule has 0 heterocycles. The number of hydrogen-bond acceptors (Lipinski definition) is 4. The van der Waals surface area contributed by atoms with Crippen molar-refractivity contribution in [3.8, 4) is 5.75 Å². The number of carbonyl (C=O) groups is 1. The van der Waals surface area contributed by atoms with Crippen LogP contribution in [0.15, 0.2) is 60.2 Å². The highest BCUT2D eigenvalue weighted by Crippen LogP contribution is 2.10. The van der Waals surface area contributed by atoms with Crippen LogP contribution in [0.2, 0.25) is 0 Å². The number of benzene rings is 2. The maximum atomic E-state index is 12.1. The van der Waals surface area contributed by atoms with E-state index in [0.717, 1.165) is 11.1 Å². The summed E-state index contributed by atoms with van der Waals surface area (Å²) in [5, 5.41) is 13.2. The van der Waals surface area contributed by atoms with Gasteiger partial charge in [0.2, 0.25) is 0 Å². The molecule has 0 aliphatic heterocycles. The van der Waals surface area contributed by atoms with Crippen LogP contribution in [0.3, 0.4) is 0 Å². The number of rotatable bonds is 6. The summed E-state index contributed by atoms with van der Waals surface area (Å²) in [6.45, 7) is 3.81. The summed E-state index contributed by atoms with van der Waals surface area (Å²) in [6.07, 6.45) is 3.25. The average Bonchev–Trinajstić information content (AvgIpc) is 2.53. The molecule has 2 aromatic carbocycles. The lowest BCUT2D eigenvalue weighted by molar-refractivity contribution is 0.0991. The van der Waals surface area contributed by atoms with Crippen LogP contribution < -0.4 is 5.43 Å². The van der Waals surface area contributed by atoms with E-state index in [4.69, 9.17) is 5.11 Å². The van der Waals surface area contributed by atoms with Gasteiger partial charge in [-0.1, -0.05) is 36.9 Å². The standard InChI is InChI=1S/C17H16N2O2/c1-2-14-5-3-4-6-16(14)17(21)12-19-18-11-13-7-9-15(20)10-8-13/h2-11,19-20H,1,12H2. The number of hydrogen-bond donors (Lipinski definition) is 2. The van der Waals surface area contributed by atoms with Gasteiger partial charge >= 0.3 is 0 Å². The van der Waals surface area contributed by atoms with Crippen molar-refractivity contribution in [1.29, 1.82) is 0 Å². The van der Waals surface area contributed by atoms with E-state index in [2.05, 4.69) is 17.1 Å². The lowest BCUT2D eigenvalue weighted by Gasteiger charge is -2.04. The van der Waals surface area contributed by atoms with Gasteiger partial charge < -0.3 is 10.5 Å². The van der Waals surface area contributed by atoms with Gasteiger partial charge in [0.15, 0.2) is 5.78 Å². The molecule has 106 valence electrons. The Bertz CT molecular complexity index is 661. The van der Waals surface area contributed by atoms with E-state index in [1.807, 2.05) is 18.2 Å². The zero-order valence-electron chi connectivity index (χ0n) is 11.5. The molecule has 4 nitrogen and oxygen atoms in total. The Balaban J connectivity index is 1.92. The summed E-state index contributed by atoms with van der Waals surface area (Å²) >= 11 is 0. The highest BCUT2D eigenvalue weighted by Gasteiger charge is 2.07. The van der Waals surface area contributed by atoms with Gasteiger partial charge in [-0.15, -0.1) is 0 Å². The maximum absolute atomic E-state index is 12.1. The molecule has 0 spiro atoms. The van der Waals surface area contributed by atoms with E-state index in [-0.39, 0.29) is 18.1 Å². The second-order valence-electron chi connectivity index (χ2n) is 4.40. The van der Waals surface area contributed by atoms with Crippen molar-refractivity contribution in [3.63, 3.8) is 0 Å². The van der Waals surface area contributed by atoms with Crippen LogP contribution in [0.1, 0.15) is 21.5 Å². The monoisotopic (exact) mass is 280 g/mol. The predicted molar refractivity (Wildman–Crippen MR) is 84.6 cm³/mol. The van der Waals surface area contributed by atoms with Gasteiger partial charge in [0, 0.05) is 5.56 Å². The number of ketones is 1. The van der Waals surface area contributed by atoms with Crippen molar-refractivity contribution < 1.29 is 9.90 Å². The third kappa shape index (κ3) is 4.04. The van der Waals surface area contributed by atoms with Gasteiger partial charge in [-0.05, 0) is 35.4 Å². The van der Waals surface area contributed by atoms with E-state index in [1.165, 1.54) is 0 Å². The highest BCUT2D eigenvalue weighted by molar-refractivity contribution is 6.00. The van der Waals surface area contributed by atoms with Crippen molar-refractivity contribution in [3.05, 3.63) is 71.8 Å². The van der Waals surface area contributed by atoms with Crippen molar-refractivity contribution >= 4 is 18.1 Å². The first-order chi connectivity index (χ1) is 10.2. The number of hydrazone groups is 1. The average molecular weight is 280 g/mol. The molecule has 21 heavy (non-hydrogen) atoms. The molecule has 2 rings (SSSR count). The number of phenolic OH excluding ortho intramolecular Hbond substituents is 1. The fraction of sp³-hybridized carbons (Fsp3) is 0.0588. The van der Waals surface area contributed by atoms with Crippen LogP contribution in [-0.2, 0) is 0 Å². The lowest BCUT2D eigenvalue weighted by Crippen LogP contribution is -2.19. The van der Waals surface area contributed by atoms with E-state index in [0.29, 0.717) is 5.56 Å². The molecule has 0 bridgehead atoms. The van der Waals surface area contributed by atoms with E-state index >= 15 is 0 Å². The molecule has 2 N–H and O–H groups in total. The van der Waals surface area contributed by atoms with Gasteiger partial charge in [0.25, 0.3) is 0 Å². The van der Waals surface area contributed by atoms with Gasteiger partial charge in [0.1, 0.15) is 5.75 Å². The fourth-order valence-corrected chi connectivity index (χ4v) is 1.82. The SMILES string of the molecule is C=Cc1ccccc1C(=O)CNN=Cc1ccc(O)cc1. The summed E-state index contributed by atoms with van der Waals surface area (Å²) in [4.78, 5) is 12.1. The van der Waals surface area contributed by atoms with Gasteiger partial charge in [-0.25, -0.2) is 0 Å². The fourth-order valence-electron chi connectivity index (χ4n) is 1.82. The zero-order chi connectivity index (χ0) is 15.1. The molecule has 4 heteroatoms. The highest BCUT2D eigenvalue weighted by atomic mass is 16.3. The van der Waals surface area contributed by atoms with Crippen LogP contribution in [0, 0.1) is 0 Å². The molecular weight excluding hydrogens is 264 g/mol. The van der Waals surface area contributed by atoms with Crippen LogP contribution in [0.25, 0.3) is 6.08 Å². The molecule has 0 radical (unpaired) electrons. The normalized spacial score (nSPS) is 10.5. The van der Waals surface area contributed by atoms with Crippen molar-refractivity contribution in [2.45, 2.75) is 0 Å². The summed E-state index contributed by atoms with van der Waals surface area (Å²) in [6, 6.07) is 13.9. The number of phenols is 1. The number of carbonyl (C=O) groups excluding carboxylic acids is 1. The summed E-state index contributed by atoms with van der Waals surface area (Å²) < 4.78 is 0. The number of aromatic hydroxyl groups is 1. The van der Waals surface area contributed by atoms with Crippen LogP contribution >= 0.6 is 0 Å². The van der Waals surface area contributed by atoms with Crippen molar-refractivity contribution in [1.82, 2.24) is 5.43 Å². The Labute approximate surface area is 123 Å². The lowest BCUT2D eigenvalue weighted by atomic mass is 10.0. The number of Topliss-reactive ketones (excluding diaryl/α,β-unsaturated/α-hetero) is 1. The summed E-state index contributed by atoms with van der Waals surface area (Å²) in [5.41, 5.74) is 4.99. The van der Waals surface area contributed by atoms with Crippen molar-refractivity contribution in [2.75, 3.05) is 6.54 Å². The molecule has 0 aromatic heterocycles. The Hall–Kier alpha value is -2.88. The minimum absolute atomic E-state index is 0.0478. The van der Waals surface area contributed by atoms with E-state index < -0.39 is 0 Å². The van der Waals surface area contributed by atoms with Crippen molar-refractivity contribution in [2.24, 2.45) is 5.10 Å². The first-order valence-corrected chi connectivity index (χ1v) is 6.50. The first kappa shape index (κ1) is 14.5. The van der Waals surface area contributed by atoms with Gasteiger partial charge in [0.05, 0.1) is 12.8 Å². The molecule has 0 aliphatic carbocycles. The Morgan fingerprint density at radius 2 is 1.90 bits per heavy atom. The molecule has 0 aliphatic rings. The predicted octanol–water partition coefficient (Wildman–Crippen LogP) is 2.84. The Kier molecular flexibility index (Phi) is 4.88. The van der Waals surface area contributed by atoms with E-state index in [9.17, 15) is 4.79 Å². The third-order valence-corrected chi connectivity index (χ3v) is 2.92. The molecule has 0 atom stereocenters. The minimum Gasteiger partial charge on any atom is -0.508 e. The van der Waals surface area contributed by atoms with Crippen LogP contribution in [0.4, 0.5) is 0 Å².